The minimum atomic E-state index is -0.0807. The van der Waals surface area contributed by atoms with Crippen molar-refractivity contribution in [1.29, 1.82) is 0 Å². The van der Waals surface area contributed by atoms with Crippen LogP contribution in [-0.4, -0.2) is 27.3 Å². The third-order valence-corrected chi connectivity index (χ3v) is 4.72. The Kier molecular flexibility index (Phi) is 5.24. The number of carbonyl (C=O) groups excluding carboxylic acids is 1. The zero-order chi connectivity index (χ0) is 13.7. The van der Waals surface area contributed by atoms with Crippen molar-refractivity contribution >= 4 is 44.5 Å². The van der Waals surface area contributed by atoms with Crippen LogP contribution in [0.3, 0.4) is 0 Å². The Bertz CT molecular complexity index is 553. The molecule has 0 radical (unpaired) electrons. The van der Waals surface area contributed by atoms with Crippen LogP contribution in [0.2, 0.25) is 0 Å². The van der Waals surface area contributed by atoms with Gasteiger partial charge in [-0.25, -0.2) is 9.97 Å². The summed E-state index contributed by atoms with van der Waals surface area (Å²) >= 11 is 6.50. The molecule has 0 aliphatic heterocycles. The van der Waals surface area contributed by atoms with Crippen molar-refractivity contribution in [2.75, 3.05) is 6.54 Å². The monoisotopic (exact) mass is 357 g/mol. The van der Waals surface area contributed by atoms with E-state index in [4.69, 9.17) is 0 Å². The molecular weight excluding hydrogens is 346 g/mol. The first-order valence-corrected chi connectivity index (χ1v) is 8.08. The van der Waals surface area contributed by atoms with E-state index in [1.54, 1.807) is 28.6 Å². The topological polar surface area (TPSA) is 46.1 Å². The summed E-state index contributed by atoms with van der Waals surface area (Å²) in [4.78, 5) is 22.0. The van der Waals surface area contributed by atoms with Gasteiger partial charge in [-0.1, -0.05) is 6.58 Å². The van der Waals surface area contributed by atoms with Crippen LogP contribution in [-0.2, 0) is 17.8 Å². The Balaban J connectivity index is 1.99. The summed E-state index contributed by atoms with van der Waals surface area (Å²) in [7, 11) is 0. The first kappa shape index (κ1) is 14.4. The van der Waals surface area contributed by atoms with E-state index in [-0.39, 0.29) is 5.91 Å². The summed E-state index contributed by atoms with van der Waals surface area (Å²) in [6.07, 6.45) is 5.61. The predicted molar refractivity (Wildman–Crippen MR) is 81.2 cm³/mol. The molecule has 0 unspecified atom stereocenters. The van der Waals surface area contributed by atoms with Crippen molar-refractivity contribution in [2.45, 2.75) is 13.0 Å². The summed E-state index contributed by atoms with van der Waals surface area (Å²) in [5, 5.41) is 3.87. The predicted octanol–water partition coefficient (Wildman–Crippen LogP) is 3.12. The van der Waals surface area contributed by atoms with Crippen LogP contribution >= 0.6 is 38.6 Å². The van der Waals surface area contributed by atoms with Crippen LogP contribution in [0.15, 0.2) is 34.2 Å². The van der Waals surface area contributed by atoms with E-state index >= 15 is 0 Å². The molecule has 0 bridgehead atoms. The summed E-state index contributed by atoms with van der Waals surface area (Å²) in [5.74, 6) is -0.0807. The zero-order valence-electron chi connectivity index (χ0n) is 10.1. The molecule has 4 nitrogen and oxygen atoms in total. The molecule has 0 fully saturated rings. The molecule has 1 amide bonds. The summed E-state index contributed by atoms with van der Waals surface area (Å²) in [6.45, 7) is 4.67. The van der Waals surface area contributed by atoms with Crippen LogP contribution in [0.1, 0.15) is 10.0 Å². The molecule has 0 aliphatic carbocycles. The first-order valence-electron chi connectivity index (χ1n) is 5.59. The molecule has 0 saturated carbocycles. The van der Waals surface area contributed by atoms with Crippen molar-refractivity contribution in [3.63, 3.8) is 0 Å². The highest BCUT2D eigenvalue weighted by Gasteiger charge is 2.13. The fourth-order valence-electron chi connectivity index (χ4n) is 1.53. The minimum absolute atomic E-state index is 0.0807. The van der Waals surface area contributed by atoms with Gasteiger partial charge in [0, 0.05) is 24.5 Å². The van der Waals surface area contributed by atoms with Gasteiger partial charge in [0.15, 0.2) is 0 Å². The van der Waals surface area contributed by atoms with Gasteiger partial charge in [-0.05, 0) is 22.0 Å². The van der Waals surface area contributed by atoms with Gasteiger partial charge in [0.1, 0.15) is 5.01 Å². The Labute approximate surface area is 127 Å². The molecule has 7 heteroatoms. The summed E-state index contributed by atoms with van der Waals surface area (Å²) in [5.41, 5.74) is 0. The highest BCUT2D eigenvalue weighted by atomic mass is 79.9. The van der Waals surface area contributed by atoms with Gasteiger partial charge >= 0.3 is 0 Å². The average molecular weight is 358 g/mol. The standard InChI is InChI=1S/C12H12BrN3OS2/c1-2-12(17)16(5-3-10-14-4-6-18-10)8-11-15-7-9(13)19-11/h2,4,6-7H,1,3,5,8H2. The molecule has 0 atom stereocenters. The second-order valence-corrected chi connectivity index (χ2v) is 7.17. The van der Waals surface area contributed by atoms with Crippen LogP contribution in [0, 0.1) is 0 Å². The third kappa shape index (κ3) is 4.22. The van der Waals surface area contributed by atoms with Crippen LogP contribution in [0.5, 0.6) is 0 Å². The maximum atomic E-state index is 11.8. The largest absolute Gasteiger partial charge is 0.332 e. The van der Waals surface area contributed by atoms with E-state index in [2.05, 4.69) is 32.5 Å². The molecule has 2 heterocycles. The van der Waals surface area contributed by atoms with Gasteiger partial charge in [0.2, 0.25) is 5.91 Å². The van der Waals surface area contributed by atoms with Crippen molar-refractivity contribution in [1.82, 2.24) is 14.9 Å². The minimum Gasteiger partial charge on any atom is -0.332 e. The number of carbonyl (C=O) groups is 1. The molecule has 0 spiro atoms. The number of aromatic nitrogens is 2. The van der Waals surface area contributed by atoms with Crippen molar-refractivity contribution in [3.8, 4) is 0 Å². The lowest BCUT2D eigenvalue weighted by Gasteiger charge is -2.19. The first-order chi connectivity index (χ1) is 9.19. The summed E-state index contributed by atoms with van der Waals surface area (Å²) < 4.78 is 0.966. The number of thiazole rings is 2. The van der Waals surface area contributed by atoms with E-state index in [1.165, 1.54) is 17.4 Å². The normalized spacial score (nSPS) is 10.4. The number of halogens is 1. The lowest BCUT2D eigenvalue weighted by molar-refractivity contribution is -0.126. The molecular formula is C12H12BrN3OS2. The van der Waals surface area contributed by atoms with E-state index in [1.807, 2.05) is 5.38 Å². The second kappa shape index (κ2) is 6.93. The van der Waals surface area contributed by atoms with E-state index < -0.39 is 0 Å². The lowest BCUT2D eigenvalue weighted by Crippen LogP contribution is -2.30. The van der Waals surface area contributed by atoms with Crippen molar-refractivity contribution in [2.24, 2.45) is 0 Å². The molecule has 2 aromatic rings. The van der Waals surface area contributed by atoms with Gasteiger partial charge < -0.3 is 4.90 Å². The van der Waals surface area contributed by atoms with Crippen LogP contribution < -0.4 is 0 Å². The van der Waals surface area contributed by atoms with Crippen molar-refractivity contribution in [3.05, 3.63) is 44.2 Å². The van der Waals surface area contributed by atoms with E-state index in [0.29, 0.717) is 13.1 Å². The Morgan fingerprint density at radius 1 is 1.47 bits per heavy atom. The maximum Gasteiger partial charge on any atom is 0.246 e. The summed E-state index contributed by atoms with van der Waals surface area (Å²) in [6, 6.07) is 0. The highest BCUT2D eigenvalue weighted by Crippen LogP contribution is 2.20. The highest BCUT2D eigenvalue weighted by molar-refractivity contribution is 9.11. The van der Waals surface area contributed by atoms with Gasteiger partial charge in [-0.3, -0.25) is 4.79 Å². The third-order valence-electron chi connectivity index (χ3n) is 2.42. The van der Waals surface area contributed by atoms with Gasteiger partial charge in [-0.15, -0.1) is 22.7 Å². The fourth-order valence-corrected chi connectivity index (χ4v) is 3.46. The SMILES string of the molecule is C=CC(=O)N(CCc1nccs1)Cc1ncc(Br)s1. The molecule has 2 aromatic heterocycles. The van der Waals surface area contributed by atoms with E-state index in [9.17, 15) is 4.79 Å². The van der Waals surface area contributed by atoms with Crippen molar-refractivity contribution < 1.29 is 4.79 Å². The Morgan fingerprint density at radius 3 is 2.89 bits per heavy atom. The second-order valence-electron chi connectivity index (χ2n) is 3.70. The Hall–Kier alpha value is -1.05. The molecule has 19 heavy (non-hydrogen) atoms. The molecule has 0 N–H and O–H groups in total. The Morgan fingerprint density at radius 2 is 2.32 bits per heavy atom. The van der Waals surface area contributed by atoms with Gasteiger partial charge in [0.25, 0.3) is 0 Å². The number of rotatable bonds is 6. The van der Waals surface area contributed by atoms with Gasteiger partial charge in [-0.2, -0.15) is 0 Å². The molecule has 0 aliphatic rings. The number of amides is 1. The average Bonchev–Trinajstić information content (AvgIpc) is 3.05. The molecule has 100 valence electrons. The smallest absolute Gasteiger partial charge is 0.246 e. The van der Waals surface area contributed by atoms with Crippen LogP contribution in [0.4, 0.5) is 0 Å². The number of hydrogen-bond donors (Lipinski definition) is 0. The lowest BCUT2D eigenvalue weighted by atomic mass is 10.3. The van der Waals surface area contributed by atoms with E-state index in [0.717, 1.165) is 20.2 Å². The zero-order valence-corrected chi connectivity index (χ0v) is 13.3. The molecule has 2 rings (SSSR count). The van der Waals surface area contributed by atoms with Gasteiger partial charge in [0.05, 0.1) is 21.5 Å². The maximum absolute atomic E-state index is 11.8. The number of hydrogen-bond acceptors (Lipinski definition) is 5. The fraction of sp³-hybridized carbons (Fsp3) is 0.250. The number of nitrogens with zero attached hydrogens (tertiary/aromatic N) is 3. The quantitative estimate of drug-likeness (QED) is 0.746. The van der Waals surface area contributed by atoms with Crippen LogP contribution in [0.25, 0.3) is 0 Å². The molecule has 0 aromatic carbocycles. The molecule has 0 saturated heterocycles.